The molecule has 1 unspecified atom stereocenters. The van der Waals surface area contributed by atoms with Crippen molar-refractivity contribution < 1.29 is 0 Å². The molecule has 0 spiro atoms. The summed E-state index contributed by atoms with van der Waals surface area (Å²) in [5.41, 5.74) is 1.66. The molecule has 94 valence electrons. The summed E-state index contributed by atoms with van der Waals surface area (Å²) in [5.74, 6) is 0.798. The summed E-state index contributed by atoms with van der Waals surface area (Å²) in [4.78, 5) is 1.66. The smallest absolute Gasteiger partial charge is 0.00805 e. The van der Waals surface area contributed by atoms with Crippen molar-refractivity contribution in [2.45, 2.75) is 63.3 Å². The second-order valence-corrected chi connectivity index (χ2v) is 6.63. The summed E-state index contributed by atoms with van der Waals surface area (Å²) in [6, 6.07) is 3.18. The van der Waals surface area contributed by atoms with Crippen molar-refractivity contribution in [3.63, 3.8) is 0 Å². The van der Waals surface area contributed by atoms with Gasteiger partial charge in [-0.15, -0.1) is 11.3 Å². The van der Waals surface area contributed by atoms with Gasteiger partial charge in [-0.25, -0.2) is 0 Å². The van der Waals surface area contributed by atoms with E-state index in [1.54, 1.807) is 10.4 Å². The van der Waals surface area contributed by atoms with E-state index >= 15 is 0 Å². The topological polar surface area (TPSA) is 12.0 Å². The van der Waals surface area contributed by atoms with Crippen molar-refractivity contribution in [3.8, 4) is 0 Å². The number of aryl methyl sites for hydroxylation is 1. The summed E-state index contributed by atoms with van der Waals surface area (Å²) in [5, 5.41) is 6.11. The van der Waals surface area contributed by atoms with Gasteiger partial charge in [0.05, 0.1) is 0 Å². The molecule has 0 saturated heterocycles. The van der Waals surface area contributed by atoms with E-state index in [0.29, 0.717) is 0 Å². The zero-order valence-corrected chi connectivity index (χ0v) is 11.4. The second kappa shape index (κ2) is 5.53. The molecule has 0 amide bonds. The maximum Gasteiger partial charge on any atom is 0.00805 e. The number of thiophene rings is 1. The van der Waals surface area contributed by atoms with Crippen molar-refractivity contribution in [1.29, 1.82) is 0 Å². The molecule has 1 aromatic heterocycles. The Morgan fingerprint density at radius 1 is 1.12 bits per heavy atom. The van der Waals surface area contributed by atoms with Gasteiger partial charge in [-0.3, -0.25) is 0 Å². The van der Waals surface area contributed by atoms with Crippen molar-refractivity contribution in [2.24, 2.45) is 0 Å². The molecule has 1 aromatic rings. The van der Waals surface area contributed by atoms with Crippen molar-refractivity contribution >= 4 is 11.3 Å². The van der Waals surface area contributed by atoms with Crippen LogP contribution in [0.5, 0.6) is 0 Å². The van der Waals surface area contributed by atoms with Gasteiger partial charge in [-0.1, -0.05) is 19.3 Å². The van der Waals surface area contributed by atoms with Crippen molar-refractivity contribution in [1.82, 2.24) is 5.32 Å². The highest BCUT2D eigenvalue weighted by Crippen LogP contribution is 2.34. The number of rotatable bonds is 3. The van der Waals surface area contributed by atoms with Crippen LogP contribution in [0.25, 0.3) is 0 Å². The fourth-order valence-electron chi connectivity index (χ4n) is 3.41. The first-order valence-corrected chi connectivity index (χ1v) is 8.11. The van der Waals surface area contributed by atoms with Crippen LogP contribution in [0.3, 0.4) is 0 Å². The first kappa shape index (κ1) is 11.7. The first-order chi connectivity index (χ1) is 8.43. The summed E-state index contributed by atoms with van der Waals surface area (Å²) in [6.45, 7) is 1.22. The number of hydrogen-bond acceptors (Lipinski definition) is 2. The molecule has 2 aliphatic rings. The molecule has 1 N–H and O–H groups in total. The lowest BCUT2D eigenvalue weighted by Gasteiger charge is -2.28. The van der Waals surface area contributed by atoms with Crippen LogP contribution in [0.2, 0.25) is 0 Å². The Morgan fingerprint density at radius 2 is 2.00 bits per heavy atom. The third kappa shape index (κ3) is 2.74. The van der Waals surface area contributed by atoms with Crippen LogP contribution in [0, 0.1) is 0 Å². The minimum Gasteiger partial charge on any atom is -0.313 e. The molecule has 1 nitrogen and oxygen atoms in total. The lowest BCUT2D eigenvalue weighted by atomic mass is 9.87. The fourth-order valence-corrected chi connectivity index (χ4v) is 4.42. The predicted octanol–water partition coefficient (Wildman–Crippen LogP) is 4.09. The number of fused-ring (bicyclic) bond motifs is 1. The minimum absolute atomic E-state index is 0.798. The molecule has 0 aromatic carbocycles. The summed E-state index contributed by atoms with van der Waals surface area (Å²) in [6.07, 6.45) is 11.3. The second-order valence-electron chi connectivity index (χ2n) is 5.63. The third-order valence-electron chi connectivity index (χ3n) is 4.43. The van der Waals surface area contributed by atoms with Gasteiger partial charge in [0.1, 0.15) is 0 Å². The molecule has 3 rings (SSSR count). The average molecular weight is 249 g/mol. The van der Waals surface area contributed by atoms with Crippen LogP contribution < -0.4 is 5.32 Å². The third-order valence-corrected chi connectivity index (χ3v) is 5.43. The predicted molar refractivity (Wildman–Crippen MR) is 74.9 cm³/mol. The zero-order valence-electron chi connectivity index (χ0n) is 10.6. The van der Waals surface area contributed by atoms with Gasteiger partial charge in [0.15, 0.2) is 0 Å². The normalized spacial score (nSPS) is 25.8. The molecular formula is C15H23NS. The van der Waals surface area contributed by atoms with Gasteiger partial charge in [-0.05, 0) is 55.0 Å². The van der Waals surface area contributed by atoms with Crippen molar-refractivity contribution in [2.75, 3.05) is 6.54 Å². The SMILES string of the molecule is c1cc2c(s1)CCCC2CNC1CCCCC1. The Kier molecular flexibility index (Phi) is 3.82. The first-order valence-electron chi connectivity index (χ1n) is 7.23. The monoisotopic (exact) mass is 249 g/mol. The van der Waals surface area contributed by atoms with E-state index in [0.717, 1.165) is 12.0 Å². The van der Waals surface area contributed by atoms with Crippen LogP contribution >= 0.6 is 11.3 Å². The summed E-state index contributed by atoms with van der Waals surface area (Å²) < 4.78 is 0. The molecule has 1 fully saturated rings. The van der Waals surface area contributed by atoms with E-state index in [9.17, 15) is 0 Å². The summed E-state index contributed by atoms with van der Waals surface area (Å²) in [7, 11) is 0. The van der Waals surface area contributed by atoms with E-state index < -0.39 is 0 Å². The maximum absolute atomic E-state index is 3.83. The summed E-state index contributed by atoms with van der Waals surface area (Å²) >= 11 is 1.96. The lowest BCUT2D eigenvalue weighted by Crippen LogP contribution is -2.34. The fraction of sp³-hybridized carbons (Fsp3) is 0.733. The standard InChI is InChI=1S/C15H23NS/c1-2-6-13(7-3-1)16-11-12-5-4-8-15-14(12)9-10-17-15/h9-10,12-13,16H,1-8,11H2. The van der Waals surface area contributed by atoms with Gasteiger partial charge in [0.25, 0.3) is 0 Å². The largest absolute Gasteiger partial charge is 0.313 e. The van der Waals surface area contributed by atoms with Gasteiger partial charge < -0.3 is 5.32 Å². The van der Waals surface area contributed by atoms with E-state index in [-0.39, 0.29) is 0 Å². The molecular weight excluding hydrogens is 226 g/mol. The van der Waals surface area contributed by atoms with E-state index in [1.165, 1.54) is 57.9 Å². The zero-order chi connectivity index (χ0) is 11.5. The number of hydrogen-bond donors (Lipinski definition) is 1. The number of nitrogens with one attached hydrogen (secondary N) is 1. The molecule has 2 aliphatic carbocycles. The Bertz CT molecular complexity index is 352. The highest BCUT2D eigenvalue weighted by Gasteiger charge is 2.22. The molecule has 17 heavy (non-hydrogen) atoms. The van der Waals surface area contributed by atoms with Gasteiger partial charge >= 0.3 is 0 Å². The molecule has 2 heteroatoms. The Balaban J connectivity index is 1.56. The van der Waals surface area contributed by atoms with Crippen molar-refractivity contribution in [3.05, 3.63) is 21.9 Å². The highest BCUT2D eigenvalue weighted by molar-refractivity contribution is 7.10. The van der Waals surface area contributed by atoms with Crippen LogP contribution in [-0.2, 0) is 6.42 Å². The van der Waals surface area contributed by atoms with Crippen LogP contribution in [0.4, 0.5) is 0 Å². The average Bonchev–Trinajstić information content (AvgIpc) is 2.86. The molecule has 0 radical (unpaired) electrons. The molecule has 0 aliphatic heterocycles. The molecule has 1 heterocycles. The van der Waals surface area contributed by atoms with Gasteiger partial charge in [0, 0.05) is 17.5 Å². The Labute approximate surface area is 109 Å². The highest BCUT2D eigenvalue weighted by atomic mass is 32.1. The molecule has 1 atom stereocenters. The van der Waals surface area contributed by atoms with E-state index in [4.69, 9.17) is 0 Å². The van der Waals surface area contributed by atoms with Gasteiger partial charge in [-0.2, -0.15) is 0 Å². The molecule has 1 saturated carbocycles. The van der Waals surface area contributed by atoms with Crippen LogP contribution in [0.15, 0.2) is 11.4 Å². The minimum atomic E-state index is 0.798. The van der Waals surface area contributed by atoms with E-state index in [1.807, 2.05) is 11.3 Å². The molecule has 0 bridgehead atoms. The van der Waals surface area contributed by atoms with Gasteiger partial charge in [0.2, 0.25) is 0 Å². The quantitative estimate of drug-likeness (QED) is 0.851. The van der Waals surface area contributed by atoms with Crippen LogP contribution in [0.1, 0.15) is 61.3 Å². The van der Waals surface area contributed by atoms with Crippen LogP contribution in [-0.4, -0.2) is 12.6 Å². The maximum atomic E-state index is 3.83. The lowest BCUT2D eigenvalue weighted by molar-refractivity contribution is 0.358. The van der Waals surface area contributed by atoms with E-state index in [2.05, 4.69) is 16.8 Å². The Morgan fingerprint density at radius 3 is 2.88 bits per heavy atom. The Hall–Kier alpha value is -0.340.